The minimum atomic E-state index is -0.709. The van der Waals surface area contributed by atoms with Crippen LogP contribution in [0, 0.1) is 5.82 Å². The predicted molar refractivity (Wildman–Crippen MR) is 134 cm³/mol. The minimum Gasteiger partial charge on any atom is -0.352 e. The molecule has 0 aliphatic heterocycles. The first-order valence-electron chi connectivity index (χ1n) is 11.2. The van der Waals surface area contributed by atoms with Crippen LogP contribution in [0.3, 0.4) is 0 Å². The molecule has 0 spiro atoms. The smallest absolute Gasteiger partial charge is 0.242 e. The summed E-state index contributed by atoms with van der Waals surface area (Å²) in [5.74, 6) is -0.139. The molecule has 0 heterocycles. The highest BCUT2D eigenvalue weighted by Gasteiger charge is 2.28. The summed E-state index contributed by atoms with van der Waals surface area (Å²) in [7, 11) is 0. The summed E-state index contributed by atoms with van der Waals surface area (Å²) in [5, 5.41) is 4.19. The van der Waals surface area contributed by atoms with Crippen LogP contribution in [0.15, 0.2) is 42.5 Å². The molecule has 4 nitrogen and oxygen atoms in total. The van der Waals surface area contributed by atoms with Crippen molar-refractivity contribution in [1.29, 1.82) is 0 Å². The van der Waals surface area contributed by atoms with Gasteiger partial charge in [0.15, 0.2) is 0 Å². The maximum absolute atomic E-state index is 14.3. The summed E-state index contributed by atoms with van der Waals surface area (Å²) in [5.41, 5.74) is 1.26. The first-order valence-corrected chi connectivity index (χ1v) is 13.1. The Balaban J connectivity index is 1.67. The highest BCUT2D eigenvalue weighted by Crippen LogP contribution is 2.25. The van der Waals surface area contributed by atoms with Gasteiger partial charge in [0, 0.05) is 33.9 Å². The third kappa shape index (κ3) is 7.62. The van der Waals surface area contributed by atoms with Crippen molar-refractivity contribution in [1.82, 2.24) is 10.2 Å². The van der Waals surface area contributed by atoms with Crippen molar-refractivity contribution >= 4 is 46.8 Å². The Hall–Kier alpha value is -1.76. The van der Waals surface area contributed by atoms with Crippen molar-refractivity contribution in [2.75, 3.05) is 5.75 Å². The number of nitrogens with zero attached hydrogens (tertiary/aromatic N) is 1. The van der Waals surface area contributed by atoms with Gasteiger partial charge in [-0.3, -0.25) is 9.59 Å². The molecule has 1 N–H and O–H groups in total. The molecular formula is C25H29Cl2FN2O2S. The number of hydrogen-bond acceptors (Lipinski definition) is 3. The first kappa shape index (κ1) is 25.9. The Morgan fingerprint density at radius 1 is 1.12 bits per heavy atom. The van der Waals surface area contributed by atoms with Gasteiger partial charge >= 0.3 is 0 Å². The molecule has 33 heavy (non-hydrogen) atoms. The van der Waals surface area contributed by atoms with Gasteiger partial charge in [-0.05, 0) is 43.5 Å². The summed E-state index contributed by atoms with van der Waals surface area (Å²) >= 11 is 13.6. The molecule has 0 radical (unpaired) electrons. The van der Waals surface area contributed by atoms with E-state index in [0.29, 0.717) is 21.4 Å². The monoisotopic (exact) mass is 510 g/mol. The lowest BCUT2D eigenvalue weighted by molar-refractivity contribution is -0.139. The fourth-order valence-electron chi connectivity index (χ4n) is 3.93. The maximum Gasteiger partial charge on any atom is 0.242 e. The van der Waals surface area contributed by atoms with E-state index in [4.69, 9.17) is 23.2 Å². The van der Waals surface area contributed by atoms with Crippen LogP contribution in [0.1, 0.15) is 50.2 Å². The van der Waals surface area contributed by atoms with Gasteiger partial charge in [0.1, 0.15) is 11.9 Å². The zero-order valence-corrected chi connectivity index (χ0v) is 21.0. The van der Waals surface area contributed by atoms with Gasteiger partial charge in [-0.15, -0.1) is 11.8 Å². The Bertz CT molecular complexity index is 969. The highest BCUT2D eigenvalue weighted by atomic mass is 35.5. The van der Waals surface area contributed by atoms with Crippen molar-refractivity contribution in [3.8, 4) is 0 Å². The Labute approximate surface area is 209 Å². The van der Waals surface area contributed by atoms with E-state index >= 15 is 0 Å². The molecule has 1 atom stereocenters. The fourth-order valence-corrected chi connectivity index (χ4v) is 5.40. The van der Waals surface area contributed by atoms with Gasteiger partial charge in [0.2, 0.25) is 11.8 Å². The van der Waals surface area contributed by atoms with E-state index in [0.717, 1.165) is 31.2 Å². The molecule has 3 rings (SSSR count). The molecule has 2 aromatic rings. The maximum atomic E-state index is 14.3. The molecule has 0 aromatic heterocycles. The molecule has 1 aliphatic rings. The quantitative estimate of drug-likeness (QED) is 0.434. The van der Waals surface area contributed by atoms with Gasteiger partial charge in [-0.1, -0.05) is 66.7 Å². The molecule has 0 unspecified atom stereocenters. The summed E-state index contributed by atoms with van der Waals surface area (Å²) < 4.78 is 14.3. The summed E-state index contributed by atoms with van der Waals surface area (Å²) in [4.78, 5) is 27.6. The van der Waals surface area contributed by atoms with Crippen LogP contribution in [0.25, 0.3) is 0 Å². The number of halogens is 3. The predicted octanol–water partition coefficient (Wildman–Crippen LogP) is 6.23. The van der Waals surface area contributed by atoms with Gasteiger partial charge in [0.05, 0.1) is 5.75 Å². The number of benzene rings is 2. The van der Waals surface area contributed by atoms with Crippen LogP contribution in [0.4, 0.5) is 4.39 Å². The number of thioether (sulfide) groups is 1. The van der Waals surface area contributed by atoms with Crippen molar-refractivity contribution in [3.63, 3.8) is 0 Å². The SMILES string of the molecule is C[C@@H](C(=O)NC1CCCCC1)N(Cc1ccccc1F)C(=O)CSCc1ccc(Cl)cc1Cl. The lowest BCUT2D eigenvalue weighted by Gasteiger charge is -2.31. The van der Waals surface area contributed by atoms with Gasteiger partial charge in [-0.25, -0.2) is 4.39 Å². The normalized spacial score (nSPS) is 15.2. The van der Waals surface area contributed by atoms with E-state index in [1.54, 1.807) is 37.3 Å². The summed E-state index contributed by atoms with van der Waals surface area (Å²) in [6.45, 7) is 1.74. The molecule has 1 fully saturated rings. The minimum absolute atomic E-state index is 0.0347. The highest BCUT2D eigenvalue weighted by molar-refractivity contribution is 7.99. The number of rotatable bonds is 9. The topological polar surface area (TPSA) is 49.4 Å². The van der Waals surface area contributed by atoms with Crippen LogP contribution < -0.4 is 5.32 Å². The first-order chi connectivity index (χ1) is 15.8. The Morgan fingerprint density at radius 3 is 2.55 bits per heavy atom. The molecule has 2 amide bonds. The summed E-state index contributed by atoms with van der Waals surface area (Å²) in [6.07, 6.45) is 5.30. The summed E-state index contributed by atoms with van der Waals surface area (Å²) in [6, 6.07) is 11.0. The average Bonchev–Trinajstić information content (AvgIpc) is 2.80. The lowest BCUT2D eigenvalue weighted by Crippen LogP contribution is -2.51. The zero-order valence-electron chi connectivity index (χ0n) is 18.7. The molecule has 178 valence electrons. The number of hydrogen-bond donors (Lipinski definition) is 1. The van der Waals surface area contributed by atoms with Crippen LogP contribution in [0.5, 0.6) is 0 Å². The molecule has 0 saturated heterocycles. The van der Waals surface area contributed by atoms with Crippen LogP contribution in [0.2, 0.25) is 10.0 Å². The van der Waals surface area contributed by atoms with E-state index in [1.165, 1.54) is 29.1 Å². The third-order valence-electron chi connectivity index (χ3n) is 5.92. The number of carbonyl (C=O) groups is 2. The third-order valence-corrected chi connectivity index (χ3v) is 7.47. The van der Waals surface area contributed by atoms with E-state index in [-0.39, 0.29) is 30.2 Å². The Kier molecular flexibility index (Phi) is 9.90. The van der Waals surface area contributed by atoms with Crippen molar-refractivity contribution in [2.45, 2.75) is 63.4 Å². The molecule has 2 aromatic carbocycles. The molecule has 8 heteroatoms. The molecule has 0 bridgehead atoms. The van der Waals surface area contributed by atoms with Crippen molar-refractivity contribution in [2.24, 2.45) is 0 Å². The average molecular weight is 511 g/mol. The van der Waals surface area contributed by atoms with E-state index in [1.807, 2.05) is 6.07 Å². The number of nitrogens with one attached hydrogen (secondary N) is 1. The molecular weight excluding hydrogens is 482 g/mol. The largest absolute Gasteiger partial charge is 0.352 e. The second-order valence-electron chi connectivity index (χ2n) is 8.36. The van der Waals surface area contributed by atoms with Crippen LogP contribution in [-0.2, 0) is 21.9 Å². The van der Waals surface area contributed by atoms with E-state index in [9.17, 15) is 14.0 Å². The second kappa shape index (κ2) is 12.6. The van der Waals surface area contributed by atoms with Gasteiger partial charge in [-0.2, -0.15) is 0 Å². The lowest BCUT2D eigenvalue weighted by atomic mass is 9.95. The number of amides is 2. The van der Waals surface area contributed by atoms with Crippen molar-refractivity contribution in [3.05, 3.63) is 69.5 Å². The molecule has 1 saturated carbocycles. The fraction of sp³-hybridized carbons (Fsp3) is 0.440. The number of carbonyl (C=O) groups excluding carboxylic acids is 2. The van der Waals surface area contributed by atoms with Gasteiger partial charge < -0.3 is 10.2 Å². The second-order valence-corrected chi connectivity index (χ2v) is 10.2. The van der Waals surface area contributed by atoms with E-state index in [2.05, 4.69) is 5.32 Å². The van der Waals surface area contributed by atoms with Crippen molar-refractivity contribution < 1.29 is 14.0 Å². The van der Waals surface area contributed by atoms with Crippen LogP contribution in [-0.4, -0.2) is 34.6 Å². The standard InChI is InChI=1S/C25H29Cl2FN2O2S/c1-17(25(32)29-21-8-3-2-4-9-21)30(14-18-7-5-6-10-23(18)28)24(31)16-33-15-19-11-12-20(26)13-22(19)27/h5-7,10-13,17,21H,2-4,8-9,14-16H2,1H3,(H,29,32)/t17-/m0/s1. The van der Waals surface area contributed by atoms with Gasteiger partial charge in [0.25, 0.3) is 0 Å². The Morgan fingerprint density at radius 2 is 1.85 bits per heavy atom. The van der Waals surface area contributed by atoms with E-state index < -0.39 is 11.9 Å². The zero-order chi connectivity index (χ0) is 23.8. The molecule has 1 aliphatic carbocycles. The van der Waals surface area contributed by atoms with Crippen LogP contribution >= 0.6 is 35.0 Å².